The molecule has 0 atom stereocenters. The molecule has 0 spiro atoms. The van der Waals surface area contributed by atoms with Gasteiger partial charge in [0, 0.05) is 24.9 Å². The number of piperidine rings is 1. The lowest BCUT2D eigenvalue weighted by Crippen LogP contribution is -2.33. The van der Waals surface area contributed by atoms with Crippen LogP contribution in [0.15, 0.2) is 41.3 Å². The van der Waals surface area contributed by atoms with Crippen LogP contribution in [0.25, 0.3) is 0 Å². The molecule has 4 rings (SSSR count). The molecule has 7 nitrogen and oxygen atoms in total. The summed E-state index contributed by atoms with van der Waals surface area (Å²) in [6.45, 7) is 6.75. The van der Waals surface area contributed by atoms with Crippen LogP contribution in [-0.4, -0.2) is 42.5 Å². The molecule has 0 aliphatic carbocycles. The zero-order chi connectivity index (χ0) is 17.1. The van der Waals surface area contributed by atoms with E-state index in [4.69, 9.17) is 4.42 Å². The van der Waals surface area contributed by atoms with E-state index in [1.54, 1.807) is 12.5 Å². The van der Waals surface area contributed by atoms with E-state index >= 15 is 0 Å². The second-order valence-electron chi connectivity index (χ2n) is 6.55. The van der Waals surface area contributed by atoms with Crippen LogP contribution in [0.4, 0.5) is 0 Å². The van der Waals surface area contributed by atoms with Crippen LogP contribution in [-0.2, 0) is 19.6 Å². The van der Waals surface area contributed by atoms with Crippen molar-refractivity contribution in [2.24, 2.45) is 0 Å². The van der Waals surface area contributed by atoms with Crippen molar-refractivity contribution in [1.29, 1.82) is 0 Å². The van der Waals surface area contributed by atoms with E-state index in [0.29, 0.717) is 12.5 Å². The summed E-state index contributed by atoms with van der Waals surface area (Å²) in [4.78, 5) is 2.45. The van der Waals surface area contributed by atoms with Gasteiger partial charge in [0.2, 0.25) is 0 Å². The van der Waals surface area contributed by atoms with Crippen molar-refractivity contribution in [3.8, 4) is 0 Å². The van der Waals surface area contributed by atoms with Crippen molar-refractivity contribution in [3.05, 3.63) is 54.3 Å². The molecule has 1 aliphatic heterocycles. The Morgan fingerprint density at radius 1 is 1.16 bits per heavy atom. The molecule has 4 heterocycles. The monoisotopic (exact) mass is 340 g/mol. The number of rotatable bonds is 6. The van der Waals surface area contributed by atoms with Gasteiger partial charge in [-0.05, 0) is 51.1 Å². The van der Waals surface area contributed by atoms with E-state index in [0.717, 1.165) is 56.4 Å². The number of likely N-dealkylation sites (tertiary alicyclic amines) is 1. The summed E-state index contributed by atoms with van der Waals surface area (Å²) in [6.07, 6.45) is 7.72. The first-order chi connectivity index (χ1) is 12.3. The molecule has 3 aromatic heterocycles. The number of furan rings is 1. The highest BCUT2D eigenvalue weighted by molar-refractivity contribution is 5.05. The standard InChI is InChI=1S/C18H24N6O/c1-2-24-17(14-23-9-4-8-19-23)20-21-18(24)15-6-10-22(11-7-15)13-16-5-3-12-25-16/h3-5,8-9,12,15H,2,6-7,10-11,13-14H2,1H3. The lowest BCUT2D eigenvalue weighted by atomic mass is 9.95. The predicted molar refractivity (Wildman–Crippen MR) is 93.0 cm³/mol. The van der Waals surface area contributed by atoms with Gasteiger partial charge in [-0.2, -0.15) is 5.10 Å². The summed E-state index contributed by atoms with van der Waals surface area (Å²) in [5, 5.41) is 13.2. The summed E-state index contributed by atoms with van der Waals surface area (Å²) in [5.74, 6) is 3.63. The molecule has 1 aliphatic rings. The zero-order valence-corrected chi connectivity index (χ0v) is 14.6. The van der Waals surface area contributed by atoms with Crippen LogP contribution in [0.1, 0.15) is 43.1 Å². The number of nitrogens with zero attached hydrogens (tertiary/aromatic N) is 6. The quantitative estimate of drug-likeness (QED) is 0.690. The minimum Gasteiger partial charge on any atom is -0.468 e. The van der Waals surface area contributed by atoms with Gasteiger partial charge in [-0.25, -0.2) is 0 Å². The molecule has 0 saturated carbocycles. The first kappa shape index (κ1) is 16.1. The highest BCUT2D eigenvalue weighted by Gasteiger charge is 2.26. The maximum atomic E-state index is 5.46. The van der Waals surface area contributed by atoms with E-state index in [9.17, 15) is 0 Å². The SMILES string of the molecule is CCn1c(Cn2cccn2)nnc1C1CCN(Cc2ccco2)CC1. The van der Waals surface area contributed by atoms with Crippen molar-refractivity contribution in [2.45, 2.75) is 45.3 Å². The Balaban J connectivity index is 1.41. The third kappa shape index (κ3) is 3.51. The van der Waals surface area contributed by atoms with Gasteiger partial charge in [0.15, 0.2) is 5.82 Å². The van der Waals surface area contributed by atoms with Gasteiger partial charge in [0.05, 0.1) is 12.8 Å². The van der Waals surface area contributed by atoms with Gasteiger partial charge >= 0.3 is 0 Å². The molecule has 0 bridgehead atoms. The number of hydrogen-bond donors (Lipinski definition) is 0. The smallest absolute Gasteiger partial charge is 0.154 e. The summed E-state index contributed by atoms with van der Waals surface area (Å²) in [6, 6.07) is 5.93. The molecule has 3 aromatic rings. The molecule has 7 heteroatoms. The topological polar surface area (TPSA) is 64.9 Å². The fourth-order valence-corrected chi connectivity index (χ4v) is 3.62. The number of hydrogen-bond acceptors (Lipinski definition) is 5. The Morgan fingerprint density at radius 3 is 2.72 bits per heavy atom. The highest BCUT2D eigenvalue weighted by Crippen LogP contribution is 2.28. The molecule has 0 aromatic carbocycles. The van der Waals surface area contributed by atoms with E-state index in [2.05, 4.69) is 31.7 Å². The van der Waals surface area contributed by atoms with E-state index in [1.165, 1.54) is 0 Å². The second kappa shape index (κ2) is 7.23. The largest absolute Gasteiger partial charge is 0.468 e. The Hall–Kier alpha value is -2.41. The van der Waals surface area contributed by atoms with Crippen molar-refractivity contribution in [1.82, 2.24) is 29.4 Å². The maximum Gasteiger partial charge on any atom is 0.154 e. The molecule has 0 radical (unpaired) electrons. The average molecular weight is 340 g/mol. The van der Waals surface area contributed by atoms with Crippen molar-refractivity contribution in [2.75, 3.05) is 13.1 Å². The zero-order valence-electron chi connectivity index (χ0n) is 14.6. The minimum atomic E-state index is 0.478. The molecule has 132 valence electrons. The van der Waals surface area contributed by atoms with Crippen LogP contribution in [0.5, 0.6) is 0 Å². The second-order valence-corrected chi connectivity index (χ2v) is 6.55. The van der Waals surface area contributed by atoms with E-state index in [-0.39, 0.29) is 0 Å². The van der Waals surface area contributed by atoms with Crippen LogP contribution in [0.2, 0.25) is 0 Å². The van der Waals surface area contributed by atoms with Crippen molar-refractivity contribution >= 4 is 0 Å². The van der Waals surface area contributed by atoms with Crippen LogP contribution in [0, 0.1) is 0 Å². The maximum absolute atomic E-state index is 5.46. The molecule has 1 saturated heterocycles. The van der Waals surface area contributed by atoms with Gasteiger partial charge in [-0.3, -0.25) is 9.58 Å². The van der Waals surface area contributed by atoms with Crippen molar-refractivity contribution in [3.63, 3.8) is 0 Å². The molecule has 25 heavy (non-hydrogen) atoms. The van der Waals surface area contributed by atoms with Gasteiger partial charge in [-0.15, -0.1) is 10.2 Å². The molecular formula is C18H24N6O. The fourth-order valence-electron chi connectivity index (χ4n) is 3.62. The predicted octanol–water partition coefficient (Wildman–Crippen LogP) is 2.52. The Kier molecular flexibility index (Phi) is 4.65. The lowest BCUT2D eigenvalue weighted by molar-refractivity contribution is 0.187. The summed E-state index contributed by atoms with van der Waals surface area (Å²) < 4.78 is 9.61. The Labute approximate surface area is 147 Å². The van der Waals surface area contributed by atoms with Crippen LogP contribution >= 0.6 is 0 Å². The normalized spacial score (nSPS) is 16.5. The molecular weight excluding hydrogens is 316 g/mol. The molecule has 1 fully saturated rings. The summed E-state index contributed by atoms with van der Waals surface area (Å²) >= 11 is 0. The summed E-state index contributed by atoms with van der Waals surface area (Å²) in [7, 11) is 0. The Bertz CT molecular complexity index is 769. The number of aromatic nitrogens is 5. The molecule has 0 unspecified atom stereocenters. The third-order valence-electron chi connectivity index (χ3n) is 4.95. The average Bonchev–Trinajstić information content (AvgIpc) is 3.38. The first-order valence-corrected chi connectivity index (χ1v) is 8.97. The third-order valence-corrected chi connectivity index (χ3v) is 4.95. The summed E-state index contributed by atoms with van der Waals surface area (Å²) in [5.41, 5.74) is 0. The van der Waals surface area contributed by atoms with E-state index < -0.39 is 0 Å². The van der Waals surface area contributed by atoms with Crippen LogP contribution < -0.4 is 0 Å². The molecule has 0 amide bonds. The first-order valence-electron chi connectivity index (χ1n) is 8.97. The highest BCUT2D eigenvalue weighted by atomic mass is 16.3. The fraction of sp³-hybridized carbons (Fsp3) is 0.500. The van der Waals surface area contributed by atoms with Gasteiger partial charge in [0.25, 0.3) is 0 Å². The molecule has 0 N–H and O–H groups in total. The van der Waals surface area contributed by atoms with Crippen molar-refractivity contribution < 1.29 is 4.42 Å². The van der Waals surface area contributed by atoms with Gasteiger partial charge < -0.3 is 8.98 Å². The minimum absolute atomic E-state index is 0.478. The van der Waals surface area contributed by atoms with Gasteiger partial charge in [0.1, 0.15) is 18.1 Å². The van der Waals surface area contributed by atoms with Gasteiger partial charge in [-0.1, -0.05) is 0 Å². The Morgan fingerprint density at radius 2 is 2.04 bits per heavy atom. The van der Waals surface area contributed by atoms with Crippen LogP contribution in [0.3, 0.4) is 0 Å². The van der Waals surface area contributed by atoms with E-state index in [1.807, 2.05) is 29.1 Å². The lowest BCUT2D eigenvalue weighted by Gasteiger charge is -2.31.